The normalized spacial score (nSPS) is 9.57. The van der Waals surface area contributed by atoms with Crippen LogP contribution in [-0.4, -0.2) is 17.0 Å². The standard InChI is InChI=1S/C9H8BrNO3/c1-5-4-6(10)2-3-7(5)11-8(12)9(13)14/h2-4H,1H3,(H,11,12)(H,13,14). The van der Waals surface area contributed by atoms with Gasteiger partial charge in [0.05, 0.1) is 0 Å². The first-order valence-corrected chi connectivity index (χ1v) is 4.60. The van der Waals surface area contributed by atoms with Crippen LogP contribution in [0.1, 0.15) is 5.56 Å². The number of amides is 1. The van der Waals surface area contributed by atoms with Gasteiger partial charge in [0.25, 0.3) is 0 Å². The molecule has 0 saturated heterocycles. The minimum Gasteiger partial charge on any atom is -0.474 e. The molecule has 1 amide bonds. The van der Waals surface area contributed by atoms with E-state index in [1.807, 2.05) is 0 Å². The van der Waals surface area contributed by atoms with E-state index >= 15 is 0 Å². The molecule has 2 N–H and O–H groups in total. The SMILES string of the molecule is Cc1cc(Br)ccc1NC(=O)C(=O)O. The molecule has 1 aromatic carbocycles. The van der Waals surface area contributed by atoms with Crippen molar-refractivity contribution in [3.8, 4) is 0 Å². The fourth-order valence-corrected chi connectivity index (χ4v) is 1.42. The van der Waals surface area contributed by atoms with E-state index < -0.39 is 11.9 Å². The van der Waals surface area contributed by atoms with Gasteiger partial charge in [-0.1, -0.05) is 15.9 Å². The summed E-state index contributed by atoms with van der Waals surface area (Å²) < 4.78 is 0.878. The Hall–Kier alpha value is -1.36. The van der Waals surface area contributed by atoms with E-state index in [0.717, 1.165) is 10.0 Å². The Morgan fingerprint density at radius 3 is 2.57 bits per heavy atom. The summed E-state index contributed by atoms with van der Waals surface area (Å²) >= 11 is 3.26. The van der Waals surface area contributed by atoms with Crippen LogP contribution in [0.5, 0.6) is 0 Å². The third kappa shape index (κ3) is 2.56. The Morgan fingerprint density at radius 2 is 2.07 bits per heavy atom. The number of halogens is 1. The number of benzene rings is 1. The quantitative estimate of drug-likeness (QED) is 0.754. The Bertz CT molecular complexity index is 390. The van der Waals surface area contributed by atoms with E-state index in [2.05, 4.69) is 21.2 Å². The molecular formula is C9H8BrNO3. The summed E-state index contributed by atoms with van der Waals surface area (Å²) in [5, 5.41) is 10.6. The van der Waals surface area contributed by atoms with Gasteiger partial charge in [-0.05, 0) is 30.7 Å². The first-order valence-electron chi connectivity index (χ1n) is 3.81. The van der Waals surface area contributed by atoms with Crippen molar-refractivity contribution in [3.63, 3.8) is 0 Å². The molecule has 0 heterocycles. The number of aryl methyl sites for hydroxylation is 1. The molecule has 0 atom stereocenters. The summed E-state index contributed by atoms with van der Waals surface area (Å²) in [7, 11) is 0. The van der Waals surface area contributed by atoms with E-state index in [4.69, 9.17) is 5.11 Å². The fraction of sp³-hybridized carbons (Fsp3) is 0.111. The molecule has 0 saturated carbocycles. The third-order valence-corrected chi connectivity index (χ3v) is 2.12. The maximum atomic E-state index is 10.8. The molecule has 0 unspecified atom stereocenters. The molecule has 0 aliphatic rings. The smallest absolute Gasteiger partial charge is 0.394 e. The molecule has 0 aliphatic heterocycles. The zero-order valence-corrected chi connectivity index (χ0v) is 8.96. The lowest BCUT2D eigenvalue weighted by molar-refractivity contribution is -0.147. The van der Waals surface area contributed by atoms with Crippen LogP contribution in [0.3, 0.4) is 0 Å². The molecule has 1 rings (SSSR count). The highest BCUT2D eigenvalue weighted by atomic mass is 79.9. The number of nitrogens with one attached hydrogen (secondary N) is 1. The van der Waals surface area contributed by atoms with E-state index in [1.54, 1.807) is 25.1 Å². The summed E-state index contributed by atoms with van der Waals surface area (Å²) in [5.41, 5.74) is 1.30. The highest BCUT2D eigenvalue weighted by Gasteiger charge is 2.11. The van der Waals surface area contributed by atoms with Gasteiger partial charge in [0.2, 0.25) is 0 Å². The van der Waals surface area contributed by atoms with Crippen LogP contribution in [0.25, 0.3) is 0 Å². The van der Waals surface area contributed by atoms with Gasteiger partial charge in [0.1, 0.15) is 0 Å². The highest BCUT2D eigenvalue weighted by molar-refractivity contribution is 9.10. The highest BCUT2D eigenvalue weighted by Crippen LogP contribution is 2.19. The molecule has 14 heavy (non-hydrogen) atoms. The minimum absolute atomic E-state index is 0.501. The number of hydrogen-bond donors (Lipinski definition) is 2. The van der Waals surface area contributed by atoms with Gasteiger partial charge in [-0.25, -0.2) is 4.79 Å². The number of carboxylic acids is 1. The topological polar surface area (TPSA) is 66.4 Å². The molecule has 1 aromatic rings. The van der Waals surface area contributed by atoms with Crippen LogP contribution < -0.4 is 5.32 Å². The van der Waals surface area contributed by atoms with Crippen LogP contribution >= 0.6 is 15.9 Å². The van der Waals surface area contributed by atoms with Crippen LogP contribution in [0.2, 0.25) is 0 Å². The second kappa shape index (κ2) is 4.23. The van der Waals surface area contributed by atoms with E-state index in [1.165, 1.54) is 0 Å². The first-order chi connectivity index (χ1) is 6.50. The van der Waals surface area contributed by atoms with Crippen molar-refractivity contribution in [3.05, 3.63) is 28.2 Å². The van der Waals surface area contributed by atoms with Crippen LogP contribution in [0, 0.1) is 6.92 Å². The van der Waals surface area contributed by atoms with Crippen molar-refractivity contribution in [2.45, 2.75) is 6.92 Å². The van der Waals surface area contributed by atoms with Crippen molar-refractivity contribution >= 4 is 33.5 Å². The number of anilines is 1. The van der Waals surface area contributed by atoms with Crippen molar-refractivity contribution in [2.75, 3.05) is 5.32 Å². The van der Waals surface area contributed by atoms with Gasteiger partial charge in [-0.2, -0.15) is 0 Å². The Kier molecular flexibility index (Phi) is 3.24. The van der Waals surface area contributed by atoms with Crippen molar-refractivity contribution < 1.29 is 14.7 Å². The number of carboxylic acid groups (broad SMARTS) is 1. The lowest BCUT2D eigenvalue weighted by Gasteiger charge is -2.05. The number of hydrogen-bond acceptors (Lipinski definition) is 2. The molecule has 0 radical (unpaired) electrons. The van der Waals surface area contributed by atoms with Crippen molar-refractivity contribution in [1.82, 2.24) is 0 Å². The van der Waals surface area contributed by atoms with Crippen molar-refractivity contribution in [2.24, 2.45) is 0 Å². The largest absolute Gasteiger partial charge is 0.474 e. The summed E-state index contributed by atoms with van der Waals surface area (Å²) in [5.74, 6) is -2.53. The molecule has 0 aliphatic carbocycles. The van der Waals surface area contributed by atoms with Gasteiger partial charge in [0.15, 0.2) is 0 Å². The van der Waals surface area contributed by atoms with E-state index in [9.17, 15) is 9.59 Å². The molecular weight excluding hydrogens is 250 g/mol. The van der Waals surface area contributed by atoms with Crippen LogP contribution in [-0.2, 0) is 9.59 Å². The predicted molar refractivity (Wildman–Crippen MR) is 55.1 cm³/mol. The number of rotatable bonds is 1. The second-order valence-electron chi connectivity index (χ2n) is 2.72. The van der Waals surface area contributed by atoms with Gasteiger partial charge in [-0.15, -0.1) is 0 Å². The lowest BCUT2D eigenvalue weighted by atomic mass is 10.2. The molecule has 0 spiro atoms. The van der Waals surface area contributed by atoms with Gasteiger partial charge < -0.3 is 10.4 Å². The van der Waals surface area contributed by atoms with Crippen LogP contribution in [0.15, 0.2) is 22.7 Å². The number of carbonyl (C=O) groups excluding carboxylic acids is 1. The molecule has 5 heteroatoms. The predicted octanol–water partition coefficient (Wildman–Crippen LogP) is 1.78. The average molecular weight is 258 g/mol. The maximum Gasteiger partial charge on any atom is 0.394 e. The minimum atomic E-state index is -1.49. The van der Waals surface area contributed by atoms with Gasteiger partial charge in [0, 0.05) is 10.2 Å². The number of carbonyl (C=O) groups is 2. The molecule has 0 bridgehead atoms. The molecule has 0 fully saturated rings. The van der Waals surface area contributed by atoms with Crippen molar-refractivity contribution in [1.29, 1.82) is 0 Å². The molecule has 0 aromatic heterocycles. The zero-order chi connectivity index (χ0) is 10.7. The van der Waals surface area contributed by atoms with Gasteiger partial charge >= 0.3 is 11.9 Å². The average Bonchev–Trinajstić information content (AvgIpc) is 2.09. The summed E-state index contributed by atoms with van der Waals surface area (Å²) in [6.45, 7) is 1.78. The van der Waals surface area contributed by atoms with Crippen LogP contribution in [0.4, 0.5) is 5.69 Å². The monoisotopic (exact) mass is 257 g/mol. The Labute approximate surface area is 89.1 Å². The lowest BCUT2D eigenvalue weighted by Crippen LogP contribution is -2.22. The zero-order valence-electron chi connectivity index (χ0n) is 7.37. The number of aliphatic carboxylic acids is 1. The Morgan fingerprint density at radius 1 is 1.43 bits per heavy atom. The second-order valence-corrected chi connectivity index (χ2v) is 3.63. The maximum absolute atomic E-state index is 10.8. The summed E-state index contributed by atoms with van der Waals surface area (Å²) in [6, 6.07) is 5.15. The third-order valence-electron chi connectivity index (χ3n) is 1.63. The van der Waals surface area contributed by atoms with Gasteiger partial charge in [-0.3, -0.25) is 4.79 Å². The summed E-state index contributed by atoms with van der Waals surface area (Å²) in [4.78, 5) is 21.1. The molecule has 4 nitrogen and oxygen atoms in total. The summed E-state index contributed by atoms with van der Waals surface area (Å²) in [6.07, 6.45) is 0. The fourth-order valence-electron chi connectivity index (χ4n) is 0.943. The van der Waals surface area contributed by atoms with E-state index in [0.29, 0.717) is 5.69 Å². The first kappa shape index (κ1) is 10.7. The Balaban J connectivity index is 2.87. The molecule has 74 valence electrons. The van der Waals surface area contributed by atoms with E-state index in [-0.39, 0.29) is 0 Å².